The van der Waals surface area contributed by atoms with Gasteiger partial charge in [-0.15, -0.1) is 0 Å². The fourth-order valence-corrected chi connectivity index (χ4v) is 2.33. The van der Waals surface area contributed by atoms with Gasteiger partial charge in [-0.2, -0.15) is 5.10 Å². The van der Waals surface area contributed by atoms with Gasteiger partial charge in [0.2, 0.25) is 5.91 Å². The summed E-state index contributed by atoms with van der Waals surface area (Å²) in [5.41, 5.74) is 0.735. The van der Waals surface area contributed by atoms with E-state index < -0.39 is 4.92 Å². The van der Waals surface area contributed by atoms with E-state index >= 15 is 0 Å². The molecule has 1 aromatic carbocycles. The summed E-state index contributed by atoms with van der Waals surface area (Å²) in [4.78, 5) is 22.2. The van der Waals surface area contributed by atoms with Gasteiger partial charge in [-0.3, -0.25) is 19.6 Å². The molecule has 0 aliphatic carbocycles. The number of benzene rings is 1. The maximum atomic E-state index is 12.1. The summed E-state index contributed by atoms with van der Waals surface area (Å²) in [6.07, 6.45) is 2.70. The Balaban J connectivity index is 1.86. The molecule has 1 amide bonds. The lowest BCUT2D eigenvalue weighted by Gasteiger charge is -2.12. The first-order valence-electron chi connectivity index (χ1n) is 8.35. The predicted molar refractivity (Wildman–Crippen MR) is 94.4 cm³/mol. The fraction of sp³-hybridized carbons (Fsp3) is 0.412. The molecule has 9 nitrogen and oxygen atoms in total. The number of hydrogen-bond acceptors (Lipinski definition) is 6. The zero-order valence-electron chi connectivity index (χ0n) is 14.8. The third kappa shape index (κ3) is 5.47. The minimum atomic E-state index is -0.510. The van der Waals surface area contributed by atoms with Crippen LogP contribution in [0.3, 0.4) is 0 Å². The molecule has 2 aromatic rings. The normalized spacial score (nSPS) is 10.4. The number of nitrogens with zero attached hydrogens (tertiary/aromatic N) is 3. The molecule has 0 aliphatic heterocycles. The van der Waals surface area contributed by atoms with E-state index in [-0.39, 0.29) is 18.0 Å². The van der Waals surface area contributed by atoms with Gasteiger partial charge in [0.15, 0.2) is 11.5 Å². The monoisotopic (exact) mass is 362 g/mol. The van der Waals surface area contributed by atoms with E-state index in [4.69, 9.17) is 9.47 Å². The Morgan fingerprint density at radius 3 is 2.65 bits per heavy atom. The molecule has 140 valence electrons. The average Bonchev–Trinajstić information content (AvgIpc) is 3.07. The molecule has 1 N–H and O–H groups in total. The van der Waals surface area contributed by atoms with Gasteiger partial charge in [-0.1, -0.05) is 6.07 Å². The molecule has 9 heteroatoms. The number of carbonyl (C=O) groups is 1. The molecular weight excluding hydrogens is 340 g/mol. The Morgan fingerprint density at radius 1 is 1.27 bits per heavy atom. The summed E-state index contributed by atoms with van der Waals surface area (Å²) in [6, 6.07) is 5.41. The number of rotatable bonds is 10. The first kappa shape index (κ1) is 19.2. The van der Waals surface area contributed by atoms with Crippen molar-refractivity contribution < 1.29 is 19.2 Å². The van der Waals surface area contributed by atoms with Crippen molar-refractivity contribution in [3.63, 3.8) is 0 Å². The molecule has 0 fully saturated rings. The number of hydrogen-bond donors (Lipinski definition) is 1. The SMILES string of the molecule is CCOc1ccc(CC(=O)NCCn2cc([N+](=O)[O-])cn2)cc1OCC. The molecule has 0 saturated carbocycles. The van der Waals surface area contributed by atoms with Gasteiger partial charge in [-0.25, -0.2) is 0 Å². The van der Waals surface area contributed by atoms with E-state index in [0.29, 0.717) is 37.8 Å². The van der Waals surface area contributed by atoms with Crippen LogP contribution in [-0.4, -0.2) is 40.4 Å². The number of nitro groups is 1. The molecule has 0 spiro atoms. The van der Waals surface area contributed by atoms with Crippen molar-refractivity contribution in [1.29, 1.82) is 0 Å². The van der Waals surface area contributed by atoms with E-state index in [1.165, 1.54) is 17.1 Å². The summed E-state index contributed by atoms with van der Waals surface area (Å²) in [5, 5.41) is 17.2. The Morgan fingerprint density at radius 2 is 2.00 bits per heavy atom. The second kappa shape index (κ2) is 9.40. The first-order valence-corrected chi connectivity index (χ1v) is 8.35. The van der Waals surface area contributed by atoms with E-state index in [1.54, 1.807) is 12.1 Å². The highest BCUT2D eigenvalue weighted by Gasteiger charge is 2.11. The highest BCUT2D eigenvalue weighted by molar-refractivity contribution is 5.78. The molecule has 0 radical (unpaired) electrons. The molecule has 26 heavy (non-hydrogen) atoms. The highest BCUT2D eigenvalue weighted by Crippen LogP contribution is 2.28. The van der Waals surface area contributed by atoms with Gasteiger partial charge in [0.1, 0.15) is 12.4 Å². The van der Waals surface area contributed by atoms with Crippen molar-refractivity contribution in [2.45, 2.75) is 26.8 Å². The lowest BCUT2D eigenvalue weighted by Crippen LogP contribution is -2.28. The quantitative estimate of drug-likeness (QED) is 0.511. The van der Waals surface area contributed by atoms with Gasteiger partial charge in [0.25, 0.3) is 0 Å². The molecule has 2 rings (SSSR count). The van der Waals surface area contributed by atoms with Crippen LogP contribution in [0.25, 0.3) is 0 Å². The number of ether oxygens (including phenoxy) is 2. The topological polar surface area (TPSA) is 109 Å². The van der Waals surface area contributed by atoms with Crippen LogP contribution >= 0.6 is 0 Å². The second-order valence-electron chi connectivity index (χ2n) is 5.39. The van der Waals surface area contributed by atoms with Crippen LogP contribution in [0.5, 0.6) is 11.5 Å². The van der Waals surface area contributed by atoms with E-state index in [1.807, 2.05) is 19.9 Å². The third-order valence-electron chi connectivity index (χ3n) is 3.47. The lowest BCUT2D eigenvalue weighted by molar-refractivity contribution is -0.385. The second-order valence-corrected chi connectivity index (χ2v) is 5.39. The minimum Gasteiger partial charge on any atom is -0.490 e. The number of carbonyl (C=O) groups excluding carboxylic acids is 1. The first-order chi connectivity index (χ1) is 12.5. The van der Waals surface area contributed by atoms with Crippen molar-refractivity contribution in [3.8, 4) is 11.5 Å². The van der Waals surface area contributed by atoms with Crippen LogP contribution in [0.2, 0.25) is 0 Å². The van der Waals surface area contributed by atoms with Crippen molar-refractivity contribution in [2.24, 2.45) is 0 Å². The summed E-state index contributed by atoms with van der Waals surface area (Å²) < 4.78 is 12.5. The van der Waals surface area contributed by atoms with Gasteiger partial charge < -0.3 is 14.8 Å². The van der Waals surface area contributed by atoms with Crippen molar-refractivity contribution >= 4 is 11.6 Å². The molecule has 1 heterocycles. The summed E-state index contributed by atoms with van der Waals surface area (Å²) >= 11 is 0. The van der Waals surface area contributed by atoms with Gasteiger partial charge >= 0.3 is 5.69 Å². The van der Waals surface area contributed by atoms with E-state index in [9.17, 15) is 14.9 Å². The Labute approximate surface area is 151 Å². The summed E-state index contributed by atoms with van der Waals surface area (Å²) in [7, 11) is 0. The lowest BCUT2D eigenvalue weighted by atomic mass is 10.1. The molecule has 0 unspecified atom stereocenters. The van der Waals surface area contributed by atoms with Crippen LogP contribution in [-0.2, 0) is 17.8 Å². The van der Waals surface area contributed by atoms with E-state index in [2.05, 4.69) is 10.4 Å². The van der Waals surface area contributed by atoms with Gasteiger partial charge in [-0.05, 0) is 31.5 Å². The molecule has 0 bridgehead atoms. The molecule has 0 aliphatic rings. The maximum Gasteiger partial charge on any atom is 0.306 e. The number of aromatic nitrogens is 2. The molecule has 0 atom stereocenters. The van der Waals surface area contributed by atoms with E-state index in [0.717, 1.165) is 5.56 Å². The van der Waals surface area contributed by atoms with Crippen LogP contribution in [0.1, 0.15) is 19.4 Å². The standard InChI is InChI=1S/C17H22N4O5/c1-3-25-15-6-5-13(9-16(15)26-4-2)10-17(22)18-7-8-20-12-14(11-19-20)21(23)24/h5-6,9,11-12H,3-4,7-8,10H2,1-2H3,(H,18,22). The zero-order chi connectivity index (χ0) is 18.9. The maximum absolute atomic E-state index is 12.1. The third-order valence-corrected chi connectivity index (χ3v) is 3.47. The fourth-order valence-electron chi connectivity index (χ4n) is 2.33. The van der Waals surface area contributed by atoms with Crippen LogP contribution in [0.4, 0.5) is 5.69 Å². The number of nitrogens with one attached hydrogen (secondary N) is 1. The largest absolute Gasteiger partial charge is 0.490 e. The smallest absolute Gasteiger partial charge is 0.306 e. The Kier molecular flexibility index (Phi) is 6.95. The predicted octanol–water partition coefficient (Wildman–Crippen LogP) is 1.95. The summed E-state index contributed by atoms with van der Waals surface area (Å²) in [6.45, 7) is 5.50. The van der Waals surface area contributed by atoms with Crippen LogP contribution in [0, 0.1) is 10.1 Å². The van der Waals surface area contributed by atoms with Gasteiger partial charge in [0, 0.05) is 6.54 Å². The average molecular weight is 362 g/mol. The zero-order valence-corrected chi connectivity index (χ0v) is 14.8. The molecule has 1 aromatic heterocycles. The van der Waals surface area contributed by atoms with Crippen LogP contribution in [0.15, 0.2) is 30.6 Å². The highest BCUT2D eigenvalue weighted by atomic mass is 16.6. The van der Waals surface area contributed by atoms with Crippen molar-refractivity contribution in [1.82, 2.24) is 15.1 Å². The van der Waals surface area contributed by atoms with Crippen LogP contribution < -0.4 is 14.8 Å². The van der Waals surface area contributed by atoms with Gasteiger partial charge in [0.05, 0.1) is 31.1 Å². The van der Waals surface area contributed by atoms with Crippen molar-refractivity contribution in [2.75, 3.05) is 19.8 Å². The molecular formula is C17H22N4O5. The molecule has 0 saturated heterocycles. The summed E-state index contributed by atoms with van der Waals surface area (Å²) in [5.74, 6) is 1.11. The minimum absolute atomic E-state index is 0.0748. The number of amides is 1. The Hall–Kier alpha value is -3.10. The Bertz CT molecular complexity index is 759. The van der Waals surface area contributed by atoms with Crippen molar-refractivity contribution in [3.05, 3.63) is 46.3 Å².